The minimum Gasteiger partial charge on any atom is -0.481 e. The van der Waals surface area contributed by atoms with Crippen LogP contribution in [0, 0.1) is 11.3 Å². The number of aliphatic carboxylic acids is 1. The smallest absolute Gasteiger partial charge is 0.407 e. The summed E-state index contributed by atoms with van der Waals surface area (Å²) in [6.07, 6.45) is 0.762. The van der Waals surface area contributed by atoms with Gasteiger partial charge in [0.1, 0.15) is 5.60 Å². The van der Waals surface area contributed by atoms with E-state index in [4.69, 9.17) is 9.84 Å². The summed E-state index contributed by atoms with van der Waals surface area (Å²) >= 11 is 0. The third-order valence-corrected chi connectivity index (χ3v) is 3.33. The molecule has 0 saturated heterocycles. The number of fused-ring (bicyclic) bond motifs is 1. The van der Waals surface area contributed by atoms with Crippen LogP contribution in [0.4, 0.5) is 4.79 Å². The number of carboxylic acid groups (broad SMARTS) is 1. The number of rotatable bonds is 2. The predicted molar refractivity (Wildman–Crippen MR) is 56.0 cm³/mol. The van der Waals surface area contributed by atoms with Crippen molar-refractivity contribution in [2.45, 2.75) is 45.3 Å². The van der Waals surface area contributed by atoms with Crippen molar-refractivity contribution in [2.75, 3.05) is 0 Å². The lowest BCUT2D eigenvalue weighted by atomic mass is 9.80. The summed E-state index contributed by atoms with van der Waals surface area (Å²) in [7, 11) is 0. The first-order valence-corrected chi connectivity index (χ1v) is 5.47. The molecule has 0 unspecified atom stereocenters. The lowest BCUT2D eigenvalue weighted by Gasteiger charge is -2.32. The van der Waals surface area contributed by atoms with E-state index in [9.17, 15) is 9.59 Å². The van der Waals surface area contributed by atoms with Gasteiger partial charge in [-0.15, -0.1) is 0 Å². The van der Waals surface area contributed by atoms with E-state index in [0.29, 0.717) is 12.8 Å². The summed E-state index contributed by atoms with van der Waals surface area (Å²) in [4.78, 5) is 22.3. The molecule has 2 aliphatic rings. The van der Waals surface area contributed by atoms with E-state index in [2.05, 4.69) is 5.32 Å². The molecule has 90 valence electrons. The second kappa shape index (κ2) is 3.12. The minimum atomic E-state index is -0.736. The van der Waals surface area contributed by atoms with Crippen LogP contribution in [0.1, 0.15) is 33.6 Å². The fourth-order valence-electron chi connectivity index (χ4n) is 2.41. The molecular formula is C11H17NO4. The first kappa shape index (κ1) is 11.2. The molecule has 5 heteroatoms. The van der Waals surface area contributed by atoms with Gasteiger partial charge in [-0.25, -0.2) is 4.79 Å². The van der Waals surface area contributed by atoms with Gasteiger partial charge in [0.05, 0.1) is 5.41 Å². The first-order valence-electron chi connectivity index (χ1n) is 5.47. The van der Waals surface area contributed by atoms with Crippen LogP contribution in [0.5, 0.6) is 0 Å². The molecule has 0 aliphatic heterocycles. The number of carbonyl (C=O) groups excluding carboxylic acids is 1. The Hall–Kier alpha value is -1.26. The zero-order valence-electron chi connectivity index (χ0n) is 9.74. The van der Waals surface area contributed by atoms with Crippen molar-refractivity contribution in [3.8, 4) is 0 Å². The molecule has 3 atom stereocenters. The molecule has 0 radical (unpaired) electrons. The molecule has 2 saturated carbocycles. The van der Waals surface area contributed by atoms with Crippen LogP contribution in [0.15, 0.2) is 0 Å². The van der Waals surface area contributed by atoms with Crippen LogP contribution < -0.4 is 5.32 Å². The molecule has 0 bridgehead atoms. The predicted octanol–water partition coefficient (Wildman–Crippen LogP) is 1.37. The summed E-state index contributed by atoms with van der Waals surface area (Å²) in [5, 5.41) is 11.6. The highest BCUT2D eigenvalue weighted by atomic mass is 16.6. The lowest BCUT2D eigenvalue weighted by molar-refractivity contribution is -0.147. The van der Waals surface area contributed by atoms with Crippen LogP contribution in [-0.4, -0.2) is 28.8 Å². The molecule has 2 N–H and O–H groups in total. The standard InChI is InChI=1S/C11H17NO4/c1-10(2,3)16-9(15)12-7-5-11(8(13)14)4-6(7)11/h6-7H,4-5H2,1-3H3,(H,12,15)(H,13,14)/t6-,7-,11-/m1/s1. The topological polar surface area (TPSA) is 75.6 Å². The quantitative estimate of drug-likeness (QED) is 0.747. The summed E-state index contributed by atoms with van der Waals surface area (Å²) in [6, 6.07) is -0.0223. The van der Waals surface area contributed by atoms with Crippen LogP contribution in [0.25, 0.3) is 0 Å². The minimum absolute atomic E-state index is 0.0223. The van der Waals surface area contributed by atoms with Crippen molar-refractivity contribution in [1.82, 2.24) is 5.32 Å². The Labute approximate surface area is 94.2 Å². The molecule has 0 aromatic carbocycles. The highest BCUT2D eigenvalue weighted by Crippen LogP contribution is 2.67. The molecule has 0 heterocycles. The molecule has 0 spiro atoms. The van der Waals surface area contributed by atoms with Crippen molar-refractivity contribution in [3.05, 3.63) is 0 Å². The molecule has 2 rings (SSSR count). The number of carboxylic acids is 1. The van der Waals surface area contributed by atoms with Gasteiger partial charge in [-0.05, 0) is 39.5 Å². The second-order valence-corrected chi connectivity index (χ2v) is 5.73. The summed E-state index contributed by atoms with van der Waals surface area (Å²) in [5.41, 5.74) is -1.04. The van der Waals surface area contributed by atoms with Gasteiger partial charge in [0.25, 0.3) is 0 Å². The van der Waals surface area contributed by atoms with E-state index in [1.807, 2.05) is 0 Å². The Morgan fingerprint density at radius 3 is 2.38 bits per heavy atom. The maximum absolute atomic E-state index is 11.4. The van der Waals surface area contributed by atoms with E-state index < -0.39 is 23.1 Å². The average molecular weight is 227 g/mol. The van der Waals surface area contributed by atoms with Gasteiger partial charge in [-0.2, -0.15) is 0 Å². The third-order valence-electron chi connectivity index (χ3n) is 3.33. The van der Waals surface area contributed by atoms with Crippen molar-refractivity contribution < 1.29 is 19.4 Å². The normalized spacial score (nSPS) is 35.7. The van der Waals surface area contributed by atoms with Gasteiger partial charge < -0.3 is 15.2 Å². The number of amides is 1. The van der Waals surface area contributed by atoms with Crippen molar-refractivity contribution in [3.63, 3.8) is 0 Å². The van der Waals surface area contributed by atoms with Crippen LogP contribution >= 0.6 is 0 Å². The number of ether oxygens (including phenoxy) is 1. The molecular weight excluding hydrogens is 210 g/mol. The van der Waals surface area contributed by atoms with Crippen molar-refractivity contribution >= 4 is 12.1 Å². The highest BCUT2D eigenvalue weighted by Gasteiger charge is 2.72. The van der Waals surface area contributed by atoms with Gasteiger partial charge in [0.2, 0.25) is 0 Å². The Morgan fingerprint density at radius 2 is 2.00 bits per heavy atom. The molecule has 0 aromatic heterocycles. The second-order valence-electron chi connectivity index (χ2n) is 5.73. The maximum Gasteiger partial charge on any atom is 0.407 e. The zero-order valence-corrected chi connectivity index (χ0v) is 9.74. The van der Waals surface area contributed by atoms with Gasteiger partial charge in [0, 0.05) is 6.04 Å². The Kier molecular flexibility index (Phi) is 2.19. The number of carbonyl (C=O) groups is 2. The maximum atomic E-state index is 11.4. The zero-order chi connectivity index (χ0) is 12.1. The van der Waals surface area contributed by atoms with Crippen LogP contribution in [0.3, 0.4) is 0 Å². The number of hydrogen-bond donors (Lipinski definition) is 2. The van der Waals surface area contributed by atoms with Gasteiger partial charge in [0.15, 0.2) is 0 Å². The molecule has 2 aliphatic carbocycles. The molecule has 5 nitrogen and oxygen atoms in total. The molecule has 0 aromatic rings. The fraction of sp³-hybridized carbons (Fsp3) is 0.818. The third kappa shape index (κ3) is 1.74. The highest BCUT2D eigenvalue weighted by molar-refractivity contribution is 5.82. The molecule has 16 heavy (non-hydrogen) atoms. The Morgan fingerprint density at radius 1 is 1.38 bits per heavy atom. The summed E-state index contributed by atoms with van der Waals surface area (Å²) < 4.78 is 5.11. The fourth-order valence-corrected chi connectivity index (χ4v) is 2.41. The first-order chi connectivity index (χ1) is 7.24. The van der Waals surface area contributed by atoms with Gasteiger partial charge >= 0.3 is 12.1 Å². The van der Waals surface area contributed by atoms with E-state index >= 15 is 0 Å². The van der Waals surface area contributed by atoms with E-state index in [0.717, 1.165) is 0 Å². The van der Waals surface area contributed by atoms with E-state index in [1.165, 1.54) is 0 Å². The van der Waals surface area contributed by atoms with E-state index in [-0.39, 0.29) is 12.0 Å². The van der Waals surface area contributed by atoms with Gasteiger partial charge in [-0.1, -0.05) is 0 Å². The number of hydrogen-bond acceptors (Lipinski definition) is 3. The van der Waals surface area contributed by atoms with Crippen molar-refractivity contribution in [1.29, 1.82) is 0 Å². The van der Waals surface area contributed by atoms with Gasteiger partial charge in [-0.3, -0.25) is 4.79 Å². The van der Waals surface area contributed by atoms with Crippen LogP contribution in [0.2, 0.25) is 0 Å². The summed E-state index contributed by atoms with van der Waals surface area (Å²) in [5.74, 6) is -0.628. The van der Waals surface area contributed by atoms with Crippen molar-refractivity contribution in [2.24, 2.45) is 11.3 Å². The molecule has 2 fully saturated rings. The average Bonchev–Trinajstić information content (AvgIpc) is 2.65. The Bertz CT molecular complexity index is 346. The number of alkyl carbamates (subject to hydrolysis) is 1. The monoisotopic (exact) mass is 227 g/mol. The van der Waals surface area contributed by atoms with E-state index in [1.54, 1.807) is 20.8 Å². The lowest BCUT2D eigenvalue weighted by Crippen LogP contribution is -2.49. The van der Waals surface area contributed by atoms with Crippen LogP contribution in [-0.2, 0) is 9.53 Å². The SMILES string of the molecule is CC(C)(C)OC(=O)N[C@@H]1C[C@]2(C(=O)O)C[C@H]12. The Balaban J connectivity index is 1.79. The summed E-state index contributed by atoms with van der Waals surface area (Å²) in [6.45, 7) is 5.39. The largest absolute Gasteiger partial charge is 0.481 e. The number of nitrogens with one attached hydrogen (secondary N) is 1. The molecule has 1 amide bonds.